The van der Waals surface area contributed by atoms with Crippen LogP contribution in [0.5, 0.6) is 0 Å². The Morgan fingerprint density at radius 3 is 2.54 bits per heavy atom. The summed E-state index contributed by atoms with van der Waals surface area (Å²) in [5.74, 6) is 2.79. The molecule has 1 aromatic rings. The van der Waals surface area contributed by atoms with Crippen LogP contribution in [0.4, 0.5) is 0 Å². The van der Waals surface area contributed by atoms with E-state index in [4.69, 9.17) is 17.3 Å². The Morgan fingerprint density at radius 2 is 1.86 bits per heavy atom. The van der Waals surface area contributed by atoms with E-state index in [0.717, 1.165) is 51.5 Å². The number of benzene rings is 1. The number of hydrogen-bond acceptors (Lipinski definition) is 2. The van der Waals surface area contributed by atoms with Crippen molar-refractivity contribution < 1.29 is 4.79 Å². The maximum absolute atomic E-state index is 13.4. The lowest BCUT2D eigenvalue weighted by molar-refractivity contribution is -0.129. The molecule has 5 fully saturated rings. The fourth-order valence-corrected chi connectivity index (χ4v) is 8.05. The van der Waals surface area contributed by atoms with Gasteiger partial charge in [0.1, 0.15) is 0 Å². The molecule has 0 spiro atoms. The number of carbonyl (C=O) groups excluding carboxylic acids is 1. The summed E-state index contributed by atoms with van der Waals surface area (Å²) < 4.78 is 0. The van der Waals surface area contributed by atoms with Gasteiger partial charge in [-0.05, 0) is 92.1 Å². The van der Waals surface area contributed by atoms with Gasteiger partial charge in [-0.3, -0.25) is 4.79 Å². The van der Waals surface area contributed by atoms with Gasteiger partial charge in [-0.15, -0.1) is 11.6 Å². The zero-order chi connectivity index (χ0) is 19.4. The summed E-state index contributed by atoms with van der Waals surface area (Å²) >= 11 is 6.59. The zero-order valence-electron chi connectivity index (χ0n) is 16.7. The Kier molecular flexibility index (Phi) is 4.75. The summed E-state index contributed by atoms with van der Waals surface area (Å²) in [6.45, 7) is 0.785. The lowest BCUT2D eigenvalue weighted by Crippen LogP contribution is -2.46. The van der Waals surface area contributed by atoms with Crippen LogP contribution in [0.2, 0.25) is 0 Å². The number of hydrogen-bond donors (Lipinski definition) is 2. The van der Waals surface area contributed by atoms with Crippen molar-refractivity contribution in [1.29, 1.82) is 0 Å². The minimum absolute atomic E-state index is 0.166. The van der Waals surface area contributed by atoms with Crippen LogP contribution in [0.15, 0.2) is 30.3 Å². The fourth-order valence-electron chi connectivity index (χ4n) is 7.65. The fraction of sp³-hybridized carbons (Fsp3) is 0.708. The number of nitrogens with two attached hydrogens (primary N) is 1. The molecule has 0 radical (unpaired) electrons. The maximum atomic E-state index is 13.4. The van der Waals surface area contributed by atoms with Gasteiger partial charge in [0.15, 0.2) is 0 Å². The van der Waals surface area contributed by atoms with Crippen molar-refractivity contribution in [3.8, 4) is 0 Å². The number of rotatable bonds is 5. The summed E-state index contributed by atoms with van der Waals surface area (Å²) in [5, 5.41) is 3.44. The highest BCUT2D eigenvalue weighted by Gasteiger charge is 2.69. The van der Waals surface area contributed by atoms with Crippen molar-refractivity contribution in [3.05, 3.63) is 35.9 Å². The van der Waals surface area contributed by atoms with E-state index in [-0.39, 0.29) is 16.7 Å². The average molecular weight is 401 g/mol. The maximum Gasteiger partial charge on any atom is 0.223 e. The van der Waals surface area contributed by atoms with Crippen LogP contribution in [0.3, 0.4) is 0 Å². The lowest BCUT2D eigenvalue weighted by atomic mass is 9.62. The number of nitrogens with one attached hydrogen (secondary N) is 1. The van der Waals surface area contributed by atoms with Crippen molar-refractivity contribution in [2.75, 3.05) is 12.4 Å². The molecule has 1 aromatic carbocycles. The topological polar surface area (TPSA) is 55.1 Å². The quantitative estimate of drug-likeness (QED) is 0.726. The van der Waals surface area contributed by atoms with Crippen LogP contribution in [0.1, 0.15) is 56.9 Å². The van der Waals surface area contributed by atoms with Gasteiger partial charge >= 0.3 is 0 Å². The summed E-state index contributed by atoms with van der Waals surface area (Å²) in [6, 6.07) is 11.4. The van der Waals surface area contributed by atoms with E-state index in [1.54, 1.807) is 0 Å². The first-order valence-corrected chi connectivity index (χ1v) is 11.7. The van der Waals surface area contributed by atoms with Crippen LogP contribution in [0, 0.1) is 29.1 Å². The second-order valence-electron chi connectivity index (χ2n) is 10.3. The zero-order valence-corrected chi connectivity index (χ0v) is 17.5. The molecule has 152 valence electrons. The first-order chi connectivity index (χ1) is 13.6. The molecule has 5 saturated carbocycles. The van der Waals surface area contributed by atoms with Gasteiger partial charge in [-0.2, -0.15) is 0 Å². The molecule has 5 aliphatic rings. The highest BCUT2D eigenvalue weighted by molar-refractivity contribution is 6.18. The number of amides is 1. The van der Waals surface area contributed by atoms with Gasteiger partial charge < -0.3 is 11.1 Å². The Balaban J connectivity index is 1.33. The second-order valence-corrected chi connectivity index (χ2v) is 10.6. The number of halogens is 1. The van der Waals surface area contributed by atoms with Gasteiger partial charge in [-0.25, -0.2) is 0 Å². The Hall–Kier alpha value is -1.06. The summed E-state index contributed by atoms with van der Waals surface area (Å²) in [7, 11) is 0. The Labute approximate surface area is 173 Å². The molecule has 0 aliphatic heterocycles. The smallest absolute Gasteiger partial charge is 0.223 e. The molecule has 0 saturated heterocycles. The first-order valence-electron chi connectivity index (χ1n) is 11.2. The Morgan fingerprint density at radius 1 is 1.11 bits per heavy atom. The normalized spacial score (nSPS) is 44.0. The SMILES string of the molecule is NCC1CCC(NC(=O)C2C3CC4(c5ccccc5)CC2C(CCl)(C3)C4)CC1. The first kappa shape index (κ1) is 18.9. The minimum atomic E-state index is 0.166. The van der Waals surface area contributed by atoms with Gasteiger partial charge in [0.05, 0.1) is 0 Å². The third-order valence-electron chi connectivity index (χ3n) is 8.83. The summed E-state index contributed by atoms with van der Waals surface area (Å²) in [5.41, 5.74) is 7.71. The molecular formula is C24H33ClN2O. The summed E-state index contributed by atoms with van der Waals surface area (Å²) in [6.07, 6.45) is 9.09. The average Bonchev–Trinajstić information content (AvgIpc) is 3.10. The van der Waals surface area contributed by atoms with Crippen LogP contribution < -0.4 is 11.1 Å². The van der Waals surface area contributed by atoms with Crippen LogP contribution >= 0.6 is 11.6 Å². The van der Waals surface area contributed by atoms with E-state index in [9.17, 15) is 4.79 Å². The monoisotopic (exact) mass is 400 g/mol. The predicted octanol–water partition coefficient (Wildman–Crippen LogP) is 4.23. The van der Waals surface area contributed by atoms with E-state index in [1.165, 1.54) is 12.0 Å². The van der Waals surface area contributed by atoms with Crippen molar-refractivity contribution in [2.24, 2.45) is 34.8 Å². The molecular weight excluding hydrogens is 368 g/mol. The van der Waals surface area contributed by atoms with E-state index in [2.05, 4.69) is 35.6 Å². The van der Waals surface area contributed by atoms with E-state index < -0.39 is 0 Å². The predicted molar refractivity (Wildman–Crippen MR) is 113 cm³/mol. The van der Waals surface area contributed by atoms with E-state index in [1.807, 2.05) is 0 Å². The highest BCUT2D eigenvalue weighted by atomic mass is 35.5. The van der Waals surface area contributed by atoms with Crippen molar-refractivity contribution in [1.82, 2.24) is 5.32 Å². The molecule has 3 N–H and O–H groups in total. The largest absolute Gasteiger partial charge is 0.353 e. The summed E-state index contributed by atoms with van der Waals surface area (Å²) in [4.78, 5) is 13.4. The number of alkyl halides is 1. The van der Waals surface area contributed by atoms with Gasteiger partial charge in [-0.1, -0.05) is 30.3 Å². The molecule has 5 aliphatic carbocycles. The molecule has 0 heterocycles. The molecule has 6 rings (SSSR count). The molecule has 4 heteroatoms. The molecule has 28 heavy (non-hydrogen) atoms. The minimum Gasteiger partial charge on any atom is -0.353 e. The lowest BCUT2D eigenvalue weighted by Gasteiger charge is -2.43. The van der Waals surface area contributed by atoms with E-state index >= 15 is 0 Å². The third-order valence-corrected chi connectivity index (χ3v) is 9.36. The second kappa shape index (κ2) is 7.02. The van der Waals surface area contributed by atoms with Gasteiger partial charge in [0, 0.05) is 17.8 Å². The molecule has 4 bridgehead atoms. The van der Waals surface area contributed by atoms with E-state index in [0.29, 0.717) is 35.6 Å². The molecule has 3 nitrogen and oxygen atoms in total. The van der Waals surface area contributed by atoms with Crippen LogP contribution in [0.25, 0.3) is 0 Å². The van der Waals surface area contributed by atoms with Crippen molar-refractivity contribution >= 4 is 17.5 Å². The highest BCUT2D eigenvalue weighted by Crippen LogP contribution is 2.72. The Bertz CT molecular complexity index is 731. The standard InChI is InChI=1S/C24H33ClN2O/c25-15-24-11-17-10-23(14-24,18-4-2-1-3-5-18)12-20(24)21(17)22(28)27-19-8-6-16(13-26)7-9-19/h1-5,16-17,19-21H,6-15,26H2,(H,27,28). The molecule has 5 unspecified atom stereocenters. The molecule has 0 aromatic heterocycles. The molecule has 5 atom stereocenters. The number of carbonyl (C=O) groups is 1. The van der Waals surface area contributed by atoms with Crippen molar-refractivity contribution in [2.45, 2.75) is 62.8 Å². The van der Waals surface area contributed by atoms with Crippen molar-refractivity contribution in [3.63, 3.8) is 0 Å². The van der Waals surface area contributed by atoms with Gasteiger partial charge in [0.2, 0.25) is 5.91 Å². The third kappa shape index (κ3) is 2.84. The van der Waals surface area contributed by atoms with Crippen LogP contribution in [-0.2, 0) is 10.2 Å². The van der Waals surface area contributed by atoms with Crippen LogP contribution in [-0.4, -0.2) is 24.4 Å². The molecule has 1 amide bonds. The van der Waals surface area contributed by atoms with Gasteiger partial charge in [0.25, 0.3) is 0 Å².